The highest BCUT2D eigenvalue weighted by atomic mass is 16.5. The van der Waals surface area contributed by atoms with E-state index < -0.39 is 37.9 Å². The number of amides is 1. The normalized spacial score (nSPS) is 33.9. The van der Waals surface area contributed by atoms with Crippen molar-refractivity contribution in [1.82, 2.24) is 20.2 Å². The Morgan fingerprint density at radius 2 is 2.15 bits per heavy atom. The molecule has 1 N–H and O–H groups in total. The van der Waals surface area contributed by atoms with Gasteiger partial charge in [-0.25, -0.2) is 4.68 Å². The average Bonchev–Trinajstić information content (AvgIpc) is 3.30. The lowest BCUT2D eigenvalue weighted by atomic mass is 9.95. The van der Waals surface area contributed by atoms with E-state index in [2.05, 4.69) is 20.8 Å². The fourth-order valence-electron chi connectivity index (χ4n) is 2.91. The molecule has 1 aromatic heterocycles. The summed E-state index contributed by atoms with van der Waals surface area (Å²) in [7, 11) is 0. The molecule has 1 aromatic carbocycles. The molecule has 0 bridgehead atoms. The molecule has 0 radical (unpaired) electrons. The fraction of sp³-hybridized carbons (Fsp3) is 0.600. The number of carbonyl (C=O) groups is 1. The van der Waals surface area contributed by atoms with Gasteiger partial charge in [0.1, 0.15) is 5.75 Å². The van der Waals surface area contributed by atoms with Gasteiger partial charge in [-0.05, 0) is 66.2 Å². The first kappa shape index (κ1) is 9.17. The molecule has 0 atom stereocenters. The summed E-state index contributed by atoms with van der Waals surface area (Å²) in [6.45, 7) is 0.270. The molecule has 7 heteroatoms. The number of fused-ring (bicyclic) bond motifs is 1. The van der Waals surface area contributed by atoms with Crippen LogP contribution in [-0.4, -0.2) is 32.7 Å². The second-order valence-electron chi connectivity index (χ2n) is 6.15. The summed E-state index contributed by atoms with van der Waals surface area (Å²) in [4.78, 5) is 11.5. The molecule has 1 aliphatic carbocycles. The van der Waals surface area contributed by atoms with Gasteiger partial charge in [-0.2, -0.15) is 0 Å². The second kappa shape index (κ2) is 8.50. The van der Waals surface area contributed by atoms with E-state index in [4.69, 9.17) is 19.8 Å². The van der Waals surface area contributed by atoms with Crippen molar-refractivity contribution in [3.8, 4) is 5.75 Å². The van der Waals surface area contributed by atoms with E-state index in [9.17, 15) is 4.79 Å². The molecule has 27 heavy (non-hydrogen) atoms. The number of nitrogens with one attached hydrogen (secondary N) is 1. The molecule has 1 fully saturated rings. The van der Waals surface area contributed by atoms with Gasteiger partial charge in [0.25, 0.3) is 0 Å². The number of aromatic nitrogens is 4. The predicted molar refractivity (Wildman–Crippen MR) is 102 cm³/mol. The summed E-state index contributed by atoms with van der Waals surface area (Å²) >= 11 is 0. The third-order valence-corrected chi connectivity index (χ3v) is 4.27. The van der Waals surface area contributed by atoms with Crippen LogP contribution in [0.3, 0.4) is 0 Å². The van der Waals surface area contributed by atoms with Gasteiger partial charge in [0.2, 0.25) is 5.91 Å². The molecular formula is C20H27N5O2. The van der Waals surface area contributed by atoms with Crippen LogP contribution in [0.1, 0.15) is 83.6 Å². The van der Waals surface area contributed by atoms with E-state index in [0.717, 1.165) is 11.3 Å². The van der Waals surface area contributed by atoms with Gasteiger partial charge in [-0.3, -0.25) is 4.79 Å². The number of hydrogen-bond acceptors (Lipinski definition) is 5. The Balaban J connectivity index is 1.49. The Labute approximate surface area is 174 Å². The lowest BCUT2D eigenvalue weighted by Gasteiger charge is -2.22. The van der Waals surface area contributed by atoms with Crippen LogP contribution < -0.4 is 10.1 Å². The summed E-state index contributed by atoms with van der Waals surface area (Å²) < 4.78 is 96.8. The third kappa shape index (κ3) is 4.46. The van der Waals surface area contributed by atoms with E-state index >= 15 is 0 Å². The van der Waals surface area contributed by atoms with E-state index in [1.807, 2.05) is 6.07 Å². The van der Waals surface area contributed by atoms with Crippen LogP contribution in [-0.2, 0) is 17.6 Å². The molecule has 0 spiro atoms. The number of tetrazole rings is 1. The number of aryl methyl sites for hydroxylation is 2. The first-order chi connectivity index (χ1) is 17.4. The Morgan fingerprint density at radius 1 is 1.26 bits per heavy atom. The first-order valence-corrected chi connectivity index (χ1v) is 8.77. The lowest BCUT2D eigenvalue weighted by Crippen LogP contribution is -2.18. The van der Waals surface area contributed by atoms with Crippen LogP contribution in [0.15, 0.2) is 18.2 Å². The molecule has 2 aliphatic rings. The van der Waals surface area contributed by atoms with Crippen molar-refractivity contribution in [2.75, 3.05) is 11.9 Å². The molecule has 7 nitrogen and oxygen atoms in total. The van der Waals surface area contributed by atoms with Crippen LogP contribution in [0.4, 0.5) is 5.69 Å². The van der Waals surface area contributed by atoms with E-state index in [1.165, 1.54) is 0 Å². The molecular weight excluding hydrogens is 342 g/mol. The summed E-state index contributed by atoms with van der Waals surface area (Å²) in [6, 6.07) is 1.94. The van der Waals surface area contributed by atoms with Crippen molar-refractivity contribution in [1.29, 1.82) is 0 Å². The minimum Gasteiger partial charge on any atom is -0.494 e. The lowest BCUT2D eigenvalue weighted by molar-refractivity contribution is -0.116. The summed E-state index contributed by atoms with van der Waals surface area (Å²) in [5.74, 6) is 0.395. The molecule has 4 rings (SSSR count). The van der Waals surface area contributed by atoms with Gasteiger partial charge in [0, 0.05) is 32.2 Å². The highest BCUT2D eigenvalue weighted by Gasteiger charge is 2.19. The molecule has 144 valence electrons. The van der Waals surface area contributed by atoms with E-state index in [0.29, 0.717) is 36.1 Å². The molecule has 1 amide bonds. The van der Waals surface area contributed by atoms with Crippen molar-refractivity contribution in [3.63, 3.8) is 0 Å². The smallest absolute Gasteiger partial charge is 0.224 e. The van der Waals surface area contributed by atoms with Crippen molar-refractivity contribution in [3.05, 3.63) is 29.6 Å². The van der Waals surface area contributed by atoms with Crippen LogP contribution in [0.2, 0.25) is 0 Å². The fourth-order valence-corrected chi connectivity index (χ4v) is 2.91. The van der Waals surface area contributed by atoms with Crippen molar-refractivity contribution in [2.45, 2.75) is 70.0 Å². The number of nitrogens with zero attached hydrogens (tertiary/aromatic N) is 4. The first-order valence-electron chi connectivity index (χ1n) is 14.3. The van der Waals surface area contributed by atoms with Crippen LogP contribution in [0.5, 0.6) is 5.75 Å². The standard InChI is InChI=1S/C20H27N5O2/c26-20-12-9-15-14-17(10-11-18(15)21-20)27-13-5-4-8-19-22-23-24-25(19)16-6-2-1-3-7-16/h10-11,14,16H,1-9,12-13H2,(H,21,26)/i1D2,2D2,3D2,6D2,7D2,16D. The second-order valence-corrected chi connectivity index (χ2v) is 6.15. The van der Waals surface area contributed by atoms with Crippen LogP contribution in [0, 0.1) is 0 Å². The zero-order valence-electron chi connectivity index (χ0n) is 25.6. The van der Waals surface area contributed by atoms with Gasteiger partial charge >= 0.3 is 0 Å². The average molecular weight is 381 g/mol. The molecule has 0 saturated heterocycles. The maximum atomic E-state index is 11.5. The zero-order chi connectivity index (χ0) is 28.4. The van der Waals surface area contributed by atoms with Gasteiger partial charge in [0.05, 0.1) is 14.0 Å². The van der Waals surface area contributed by atoms with Crippen molar-refractivity contribution >= 4 is 11.6 Å². The summed E-state index contributed by atoms with van der Waals surface area (Å²) in [5, 5.41) is 13.5. The molecule has 1 saturated carbocycles. The number of benzene rings is 1. The summed E-state index contributed by atoms with van der Waals surface area (Å²) in [5.41, 5.74) is 1.70. The number of anilines is 1. The van der Waals surface area contributed by atoms with Crippen molar-refractivity contribution < 1.29 is 24.6 Å². The summed E-state index contributed by atoms with van der Waals surface area (Å²) in [6.07, 6.45) is -16.2. The number of ether oxygens (including phenoxy) is 1. The molecule has 0 unspecified atom stereocenters. The highest BCUT2D eigenvalue weighted by Crippen LogP contribution is 2.28. The van der Waals surface area contributed by atoms with Gasteiger partial charge in [-0.15, -0.1) is 5.10 Å². The van der Waals surface area contributed by atoms with E-state index in [1.54, 1.807) is 12.1 Å². The quantitative estimate of drug-likeness (QED) is 0.744. The van der Waals surface area contributed by atoms with Crippen LogP contribution in [0.25, 0.3) is 0 Å². The Morgan fingerprint density at radius 3 is 3.04 bits per heavy atom. The molecule has 1 aliphatic heterocycles. The Kier molecular flexibility index (Phi) is 2.89. The maximum Gasteiger partial charge on any atom is 0.224 e. The van der Waals surface area contributed by atoms with Crippen LogP contribution >= 0.6 is 0 Å². The highest BCUT2D eigenvalue weighted by molar-refractivity contribution is 5.93. The van der Waals surface area contributed by atoms with Gasteiger partial charge in [0.15, 0.2) is 5.82 Å². The monoisotopic (exact) mass is 380 g/mol. The minimum absolute atomic E-state index is 0.0122. The number of unbranched alkanes of at least 4 members (excludes halogenated alkanes) is 1. The SMILES string of the molecule is [2H]C1([2H])C([2H])([2H])C([2H])([2H])C([2H])(n2nnnc2CCCCOc2ccc3c(c2)CCC(=O)N3)C([2H])([2H])C1([2H])[2H]. The largest absolute Gasteiger partial charge is 0.494 e. The topological polar surface area (TPSA) is 81.9 Å². The number of carbonyl (C=O) groups excluding carboxylic acids is 1. The number of rotatable bonds is 7. The predicted octanol–water partition coefficient (Wildman–Crippen LogP) is 3.46. The zero-order valence-corrected chi connectivity index (χ0v) is 14.6. The Bertz CT molecular complexity index is 1200. The van der Waals surface area contributed by atoms with Crippen molar-refractivity contribution in [2.24, 2.45) is 0 Å². The van der Waals surface area contributed by atoms with Gasteiger partial charge in [-0.1, -0.05) is 19.1 Å². The molecule has 2 aromatic rings. The van der Waals surface area contributed by atoms with Gasteiger partial charge < -0.3 is 10.1 Å². The third-order valence-electron chi connectivity index (χ3n) is 4.27. The molecule has 2 heterocycles. The Hall–Kier alpha value is -2.44. The minimum atomic E-state index is -3.62. The van der Waals surface area contributed by atoms with E-state index in [-0.39, 0.29) is 24.8 Å². The maximum absolute atomic E-state index is 11.5. The number of hydrogen-bond donors (Lipinski definition) is 1.